The zero-order valence-electron chi connectivity index (χ0n) is 13.6. The predicted molar refractivity (Wildman–Crippen MR) is 94.8 cm³/mol. The highest BCUT2D eigenvalue weighted by molar-refractivity contribution is 7.09. The van der Waals surface area contributed by atoms with Crippen LogP contribution < -0.4 is 20.5 Å². The van der Waals surface area contributed by atoms with Crippen molar-refractivity contribution >= 4 is 23.0 Å². The van der Waals surface area contributed by atoms with Gasteiger partial charge < -0.3 is 20.5 Å². The number of hydrogen-bond acceptors (Lipinski definition) is 5. The molecule has 1 heterocycles. The van der Waals surface area contributed by atoms with E-state index in [0.29, 0.717) is 24.0 Å². The van der Waals surface area contributed by atoms with Gasteiger partial charge in [0.15, 0.2) is 17.5 Å². The third kappa shape index (κ3) is 5.14. The molecule has 1 aromatic carbocycles. The highest BCUT2D eigenvalue weighted by Crippen LogP contribution is 2.29. The molecule has 0 saturated heterocycles. The number of nitrogens with two attached hydrogens (primary N) is 1. The summed E-state index contributed by atoms with van der Waals surface area (Å²) >= 11 is 1.69. The van der Waals surface area contributed by atoms with Gasteiger partial charge in [0.1, 0.15) is 0 Å². The molecule has 124 valence electrons. The van der Waals surface area contributed by atoms with Gasteiger partial charge >= 0.3 is 0 Å². The van der Waals surface area contributed by atoms with Gasteiger partial charge in [0.05, 0.1) is 19.2 Å². The Bertz CT molecular complexity index is 670. The lowest BCUT2D eigenvalue weighted by Gasteiger charge is -2.10. The SMILES string of the molecule is COc1ccc(NC(N)=NCCCc2nc(C)cs2)cc1OC. The molecular formula is C16H22N4O2S. The van der Waals surface area contributed by atoms with Crippen molar-refractivity contribution in [1.29, 1.82) is 0 Å². The van der Waals surface area contributed by atoms with E-state index >= 15 is 0 Å². The van der Waals surface area contributed by atoms with Crippen molar-refractivity contribution in [2.45, 2.75) is 19.8 Å². The second-order valence-corrected chi connectivity index (χ2v) is 5.89. The third-order valence-corrected chi connectivity index (χ3v) is 4.18. The van der Waals surface area contributed by atoms with Gasteiger partial charge in [0.2, 0.25) is 0 Å². The number of rotatable bonds is 7. The first kappa shape index (κ1) is 17.1. The van der Waals surface area contributed by atoms with E-state index in [2.05, 4.69) is 20.7 Å². The summed E-state index contributed by atoms with van der Waals surface area (Å²) in [5.74, 6) is 1.70. The quantitative estimate of drug-likeness (QED) is 0.462. The normalized spacial score (nSPS) is 11.3. The van der Waals surface area contributed by atoms with Crippen molar-refractivity contribution in [3.8, 4) is 11.5 Å². The summed E-state index contributed by atoms with van der Waals surface area (Å²) < 4.78 is 10.5. The Morgan fingerprint density at radius 2 is 2.09 bits per heavy atom. The third-order valence-electron chi connectivity index (χ3n) is 3.15. The molecular weight excluding hydrogens is 312 g/mol. The number of benzene rings is 1. The largest absolute Gasteiger partial charge is 0.493 e. The number of hydrogen-bond donors (Lipinski definition) is 2. The summed E-state index contributed by atoms with van der Waals surface area (Å²) in [7, 11) is 3.20. The van der Waals surface area contributed by atoms with Gasteiger partial charge in [-0.1, -0.05) is 0 Å². The molecule has 0 aliphatic carbocycles. The lowest BCUT2D eigenvalue weighted by molar-refractivity contribution is 0.355. The molecule has 3 N–H and O–H groups in total. The maximum atomic E-state index is 5.91. The number of aromatic nitrogens is 1. The van der Waals surface area contributed by atoms with Gasteiger partial charge in [-0.3, -0.25) is 4.99 Å². The van der Waals surface area contributed by atoms with Crippen molar-refractivity contribution in [2.75, 3.05) is 26.1 Å². The van der Waals surface area contributed by atoms with Crippen LogP contribution in [0.2, 0.25) is 0 Å². The number of aryl methyl sites for hydroxylation is 2. The molecule has 0 fully saturated rings. The number of aliphatic imine (C=N–C) groups is 1. The zero-order valence-corrected chi connectivity index (χ0v) is 14.4. The summed E-state index contributed by atoms with van der Waals surface area (Å²) in [6.07, 6.45) is 1.84. The van der Waals surface area contributed by atoms with E-state index in [4.69, 9.17) is 15.2 Å². The molecule has 6 nitrogen and oxygen atoms in total. The fraction of sp³-hybridized carbons (Fsp3) is 0.375. The molecule has 7 heteroatoms. The highest BCUT2D eigenvalue weighted by atomic mass is 32.1. The van der Waals surface area contributed by atoms with Gasteiger partial charge in [0, 0.05) is 35.8 Å². The van der Waals surface area contributed by atoms with Crippen LogP contribution in [0, 0.1) is 6.92 Å². The average molecular weight is 334 g/mol. The lowest BCUT2D eigenvalue weighted by atomic mass is 10.3. The van der Waals surface area contributed by atoms with Crippen molar-refractivity contribution in [1.82, 2.24) is 4.98 Å². The van der Waals surface area contributed by atoms with Gasteiger partial charge in [-0.15, -0.1) is 11.3 Å². The molecule has 0 bridgehead atoms. The number of nitrogens with zero attached hydrogens (tertiary/aromatic N) is 2. The fourth-order valence-corrected chi connectivity index (χ4v) is 2.87. The molecule has 23 heavy (non-hydrogen) atoms. The summed E-state index contributed by atoms with van der Waals surface area (Å²) in [4.78, 5) is 8.76. The van der Waals surface area contributed by atoms with Crippen LogP contribution in [0.3, 0.4) is 0 Å². The second-order valence-electron chi connectivity index (χ2n) is 4.95. The van der Waals surface area contributed by atoms with Crippen molar-refractivity contribution < 1.29 is 9.47 Å². The van der Waals surface area contributed by atoms with Gasteiger partial charge in [-0.05, 0) is 25.5 Å². The Morgan fingerprint density at radius 3 is 2.74 bits per heavy atom. The lowest BCUT2D eigenvalue weighted by Crippen LogP contribution is -2.22. The van der Waals surface area contributed by atoms with Crippen molar-refractivity contribution in [3.63, 3.8) is 0 Å². The van der Waals surface area contributed by atoms with Gasteiger partial charge in [-0.2, -0.15) is 0 Å². The van der Waals surface area contributed by atoms with Crippen molar-refractivity contribution in [3.05, 3.63) is 34.3 Å². The molecule has 0 amide bonds. The van der Waals surface area contributed by atoms with E-state index in [0.717, 1.165) is 29.2 Å². The number of nitrogens with one attached hydrogen (secondary N) is 1. The van der Waals surface area contributed by atoms with Crippen LogP contribution in [0.4, 0.5) is 5.69 Å². The molecule has 0 atom stereocenters. The topological polar surface area (TPSA) is 81.8 Å². The van der Waals surface area contributed by atoms with Crippen LogP contribution in [-0.4, -0.2) is 31.7 Å². The summed E-state index contributed by atoms with van der Waals surface area (Å²) in [6, 6.07) is 5.50. The maximum Gasteiger partial charge on any atom is 0.193 e. The first-order valence-corrected chi connectivity index (χ1v) is 8.20. The van der Waals surface area contributed by atoms with E-state index in [1.165, 1.54) is 0 Å². The first-order chi connectivity index (χ1) is 11.1. The Labute approximate surface area is 140 Å². The van der Waals surface area contributed by atoms with Crippen LogP contribution in [0.25, 0.3) is 0 Å². The Balaban J connectivity index is 1.84. The highest BCUT2D eigenvalue weighted by Gasteiger charge is 2.05. The zero-order chi connectivity index (χ0) is 16.7. The fourth-order valence-electron chi connectivity index (χ4n) is 2.05. The maximum absolute atomic E-state index is 5.91. The van der Waals surface area contributed by atoms with E-state index in [-0.39, 0.29) is 0 Å². The molecule has 2 rings (SSSR count). The number of guanidine groups is 1. The van der Waals surface area contributed by atoms with E-state index in [1.54, 1.807) is 25.6 Å². The number of thiazole rings is 1. The van der Waals surface area contributed by atoms with Crippen LogP contribution >= 0.6 is 11.3 Å². The minimum absolute atomic E-state index is 0.382. The molecule has 2 aromatic rings. The summed E-state index contributed by atoms with van der Waals surface area (Å²) in [6.45, 7) is 2.66. The molecule has 0 aliphatic rings. The molecule has 0 unspecified atom stereocenters. The van der Waals surface area contributed by atoms with Gasteiger partial charge in [-0.25, -0.2) is 4.98 Å². The predicted octanol–water partition coefficient (Wildman–Crippen LogP) is 2.83. The molecule has 0 spiro atoms. The smallest absolute Gasteiger partial charge is 0.193 e. The second kappa shape index (κ2) is 8.38. The van der Waals surface area contributed by atoms with E-state index in [9.17, 15) is 0 Å². The van der Waals surface area contributed by atoms with Gasteiger partial charge in [0.25, 0.3) is 0 Å². The minimum atomic E-state index is 0.382. The van der Waals surface area contributed by atoms with Crippen LogP contribution in [-0.2, 0) is 6.42 Å². The Hall–Kier alpha value is -2.28. The van der Waals surface area contributed by atoms with Crippen LogP contribution in [0.5, 0.6) is 11.5 Å². The Kier molecular flexibility index (Phi) is 6.22. The minimum Gasteiger partial charge on any atom is -0.493 e. The number of ether oxygens (including phenoxy) is 2. The summed E-state index contributed by atoms with van der Waals surface area (Å²) in [5.41, 5.74) is 7.78. The van der Waals surface area contributed by atoms with Crippen LogP contribution in [0.15, 0.2) is 28.6 Å². The summed E-state index contributed by atoms with van der Waals surface area (Å²) in [5, 5.41) is 6.25. The van der Waals surface area contributed by atoms with Crippen molar-refractivity contribution in [2.24, 2.45) is 10.7 Å². The molecule has 0 radical (unpaired) electrons. The molecule has 0 saturated carbocycles. The first-order valence-electron chi connectivity index (χ1n) is 7.32. The van der Waals surface area contributed by atoms with E-state index < -0.39 is 0 Å². The Morgan fingerprint density at radius 1 is 1.30 bits per heavy atom. The average Bonchev–Trinajstić information content (AvgIpc) is 2.97. The van der Waals surface area contributed by atoms with E-state index in [1.807, 2.05) is 25.1 Å². The number of methoxy groups -OCH3 is 2. The molecule has 1 aromatic heterocycles. The number of anilines is 1. The molecule has 0 aliphatic heterocycles. The van der Waals surface area contributed by atoms with Crippen LogP contribution in [0.1, 0.15) is 17.1 Å². The standard InChI is InChI=1S/C16H22N4O2S/c1-11-10-23-15(19-11)5-4-8-18-16(17)20-12-6-7-13(21-2)14(9-12)22-3/h6-7,9-10H,4-5,8H2,1-3H3,(H3,17,18,20). The monoisotopic (exact) mass is 334 g/mol.